The lowest BCUT2D eigenvalue weighted by atomic mass is 10.1. The number of anilines is 1. The number of benzene rings is 1. The van der Waals surface area contributed by atoms with Crippen LogP contribution in [0.15, 0.2) is 67.0 Å². The van der Waals surface area contributed by atoms with Gasteiger partial charge in [-0.05, 0) is 49.4 Å². The number of hydrogen-bond donors (Lipinski definition) is 0. The molecule has 202 valence electrons. The van der Waals surface area contributed by atoms with Gasteiger partial charge in [0.2, 0.25) is 0 Å². The highest BCUT2D eigenvalue weighted by Crippen LogP contribution is 2.30. The monoisotopic (exact) mass is 534 g/mol. The van der Waals surface area contributed by atoms with E-state index in [1.165, 1.54) is 0 Å². The van der Waals surface area contributed by atoms with Crippen LogP contribution in [0.4, 0.5) is 5.69 Å². The van der Waals surface area contributed by atoms with Gasteiger partial charge in [0.25, 0.3) is 0 Å². The lowest BCUT2D eigenvalue weighted by molar-refractivity contribution is -0.143. The molecule has 1 aliphatic heterocycles. The van der Waals surface area contributed by atoms with E-state index in [9.17, 15) is 4.79 Å². The van der Waals surface area contributed by atoms with Gasteiger partial charge in [0.1, 0.15) is 5.69 Å². The number of morpholine rings is 1. The van der Waals surface area contributed by atoms with Gasteiger partial charge in [-0.25, -0.2) is 14.5 Å². The molecule has 1 aliphatic rings. The minimum Gasteiger partial charge on any atom is -0.466 e. The standard InChI is InChI=1S/C31H30N6O3/c1-2-40-29(38)14-12-24-9-8-23(21-32-24)30-27(13-11-25-10-7-22-5-3-4-6-26(22)34-25)35-31-28(15-16-33-37(30)31)36-17-19-39-20-18-36/h3-11,13,15-16,21H,2,12,14,17-20H2,1H3/b13-11+. The maximum atomic E-state index is 11.8. The van der Waals surface area contributed by atoms with Crippen LogP contribution >= 0.6 is 0 Å². The molecule has 1 saturated heterocycles. The maximum Gasteiger partial charge on any atom is 0.306 e. The topological polar surface area (TPSA) is 94.7 Å². The van der Waals surface area contributed by atoms with E-state index in [4.69, 9.17) is 19.4 Å². The number of pyridine rings is 2. The molecule has 0 atom stereocenters. The normalized spacial score (nSPS) is 13.9. The first-order valence-corrected chi connectivity index (χ1v) is 13.5. The number of esters is 1. The zero-order valence-corrected chi connectivity index (χ0v) is 22.4. The fraction of sp³-hybridized carbons (Fsp3) is 0.258. The van der Waals surface area contributed by atoms with Crippen molar-refractivity contribution in [3.8, 4) is 11.3 Å². The molecule has 5 heterocycles. The van der Waals surface area contributed by atoms with Crippen molar-refractivity contribution in [2.75, 3.05) is 37.8 Å². The summed E-state index contributed by atoms with van der Waals surface area (Å²) in [4.78, 5) is 28.6. The predicted octanol–water partition coefficient (Wildman–Crippen LogP) is 4.84. The number of nitrogens with zero attached hydrogens (tertiary/aromatic N) is 6. The Kier molecular flexibility index (Phi) is 7.45. The first-order valence-electron chi connectivity index (χ1n) is 13.5. The summed E-state index contributed by atoms with van der Waals surface area (Å²) in [5, 5.41) is 5.79. The summed E-state index contributed by atoms with van der Waals surface area (Å²) in [5.41, 5.74) is 6.89. The number of rotatable bonds is 8. The summed E-state index contributed by atoms with van der Waals surface area (Å²) in [6.45, 7) is 5.14. The zero-order chi connectivity index (χ0) is 27.3. The van der Waals surface area contributed by atoms with Crippen molar-refractivity contribution in [2.45, 2.75) is 19.8 Å². The van der Waals surface area contributed by atoms with E-state index >= 15 is 0 Å². The number of hydrogen-bond acceptors (Lipinski definition) is 8. The average Bonchev–Trinajstić information content (AvgIpc) is 3.38. The molecule has 0 saturated carbocycles. The molecule has 4 aromatic heterocycles. The smallest absolute Gasteiger partial charge is 0.306 e. The SMILES string of the molecule is CCOC(=O)CCc1ccc(-c2c(/C=C/c3ccc4ccccc4n3)nc3c(N4CCOCC4)ccnn23)cn1. The van der Waals surface area contributed by atoms with Gasteiger partial charge < -0.3 is 14.4 Å². The third-order valence-electron chi connectivity index (χ3n) is 6.90. The lowest BCUT2D eigenvalue weighted by Gasteiger charge is -2.28. The third-order valence-corrected chi connectivity index (χ3v) is 6.90. The minimum atomic E-state index is -0.218. The summed E-state index contributed by atoms with van der Waals surface area (Å²) < 4.78 is 12.5. The highest BCUT2D eigenvalue weighted by Gasteiger charge is 2.21. The van der Waals surface area contributed by atoms with Gasteiger partial charge in [0, 0.05) is 42.4 Å². The molecule has 0 bridgehead atoms. The Morgan fingerprint density at radius 2 is 1.90 bits per heavy atom. The van der Waals surface area contributed by atoms with Crippen LogP contribution in [0, 0.1) is 0 Å². The van der Waals surface area contributed by atoms with Crippen molar-refractivity contribution in [1.29, 1.82) is 0 Å². The van der Waals surface area contributed by atoms with E-state index in [1.807, 2.05) is 71.5 Å². The molecule has 6 rings (SSSR count). The first-order chi connectivity index (χ1) is 19.7. The quantitative estimate of drug-likeness (QED) is 0.261. The van der Waals surface area contributed by atoms with Crippen LogP contribution in [-0.2, 0) is 20.7 Å². The number of carbonyl (C=O) groups is 1. The second-order valence-corrected chi connectivity index (χ2v) is 9.50. The number of ether oxygens (including phenoxy) is 2. The van der Waals surface area contributed by atoms with Crippen LogP contribution in [0.2, 0.25) is 0 Å². The second-order valence-electron chi connectivity index (χ2n) is 9.50. The molecule has 5 aromatic rings. The zero-order valence-electron chi connectivity index (χ0n) is 22.4. The Bertz CT molecular complexity index is 1670. The molecule has 0 aliphatic carbocycles. The Morgan fingerprint density at radius 3 is 2.73 bits per heavy atom. The summed E-state index contributed by atoms with van der Waals surface area (Å²) in [6, 6.07) is 18.1. The van der Waals surface area contributed by atoms with Crippen LogP contribution < -0.4 is 4.90 Å². The van der Waals surface area contributed by atoms with Crippen molar-refractivity contribution in [3.63, 3.8) is 0 Å². The number of para-hydroxylation sites is 1. The number of imidazole rings is 1. The molecule has 0 spiro atoms. The van der Waals surface area contributed by atoms with Gasteiger partial charge in [-0.2, -0.15) is 5.10 Å². The molecule has 1 fully saturated rings. The molecular weight excluding hydrogens is 504 g/mol. The second kappa shape index (κ2) is 11.6. The molecular formula is C31H30N6O3. The molecule has 0 radical (unpaired) electrons. The van der Waals surface area contributed by atoms with Gasteiger partial charge in [0.15, 0.2) is 5.65 Å². The minimum absolute atomic E-state index is 0.218. The average molecular weight is 535 g/mol. The van der Waals surface area contributed by atoms with Gasteiger partial charge in [-0.15, -0.1) is 0 Å². The molecule has 40 heavy (non-hydrogen) atoms. The van der Waals surface area contributed by atoms with Gasteiger partial charge >= 0.3 is 5.97 Å². The highest BCUT2D eigenvalue weighted by atomic mass is 16.5. The van der Waals surface area contributed by atoms with Crippen LogP contribution in [-0.4, -0.2) is 63.4 Å². The van der Waals surface area contributed by atoms with Crippen molar-refractivity contribution in [2.24, 2.45) is 0 Å². The van der Waals surface area contributed by atoms with Gasteiger partial charge in [0.05, 0.1) is 55.0 Å². The first kappa shape index (κ1) is 25.6. The largest absolute Gasteiger partial charge is 0.466 e. The van der Waals surface area contributed by atoms with Crippen LogP contribution in [0.1, 0.15) is 30.4 Å². The lowest BCUT2D eigenvalue weighted by Crippen LogP contribution is -2.36. The Hall–Kier alpha value is -4.63. The van der Waals surface area contributed by atoms with Gasteiger partial charge in [-0.3, -0.25) is 9.78 Å². The van der Waals surface area contributed by atoms with Crippen LogP contribution in [0.5, 0.6) is 0 Å². The summed E-state index contributed by atoms with van der Waals surface area (Å²) >= 11 is 0. The molecule has 1 aromatic carbocycles. The van der Waals surface area contributed by atoms with Crippen molar-refractivity contribution < 1.29 is 14.3 Å². The maximum absolute atomic E-state index is 11.8. The van der Waals surface area contributed by atoms with E-state index < -0.39 is 0 Å². The summed E-state index contributed by atoms with van der Waals surface area (Å²) in [7, 11) is 0. The Balaban J connectivity index is 1.39. The van der Waals surface area contributed by atoms with E-state index in [0.717, 1.165) is 63.7 Å². The Labute approximate surface area is 232 Å². The number of carbonyl (C=O) groups excluding carboxylic acids is 1. The molecule has 0 N–H and O–H groups in total. The summed E-state index contributed by atoms with van der Waals surface area (Å²) in [5.74, 6) is -0.218. The van der Waals surface area contributed by atoms with E-state index in [2.05, 4.69) is 27.1 Å². The molecule has 9 heteroatoms. The fourth-order valence-corrected chi connectivity index (χ4v) is 4.90. The van der Waals surface area contributed by atoms with Crippen LogP contribution in [0.25, 0.3) is 40.0 Å². The van der Waals surface area contributed by atoms with Gasteiger partial charge in [-0.1, -0.05) is 24.3 Å². The predicted molar refractivity (Wildman–Crippen MR) is 155 cm³/mol. The molecule has 0 unspecified atom stereocenters. The molecule has 0 amide bonds. The van der Waals surface area contributed by atoms with Crippen molar-refractivity contribution in [1.82, 2.24) is 24.6 Å². The number of aryl methyl sites for hydroxylation is 1. The Morgan fingerprint density at radius 1 is 1.02 bits per heavy atom. The van der Waals surface area contributed by atoms with E-state index in [0.29, 0.717) is 32.7 Å². The highest BCUT2D eigenvalue weighted by molar-refractivity contribution is 5.84. The van der Waals surface area contributed by atoms with Crippen molar-refractivity contribution >= 4 is 40.4 Å². The number of aromatic nitrogens is 5. The third kappa shape index (κ3) is 5.41. The fourth-order valence-electron chi connectivity index (χ4n) is 4.90. The van der Waals surface area contributed by atoms with E-state index in [1.54, 1.807) is 6.92 Å². The van der Waals surface area contributed by atoms with Crippen LogP contribution in [0.3, 0.4) is 0 Å². The molecule has 9 nitrogen and oxygen atoms in total. The van der Waals surface area contributed by atoms with Crippen molar-refractivity contribution in [3.05, 3.63) is 84.1 Å². The number of fused-ring (bicyclic) bond motifs is 2. The summed E-state index contributed by atoms with van der Waals surface area (Å²) in [6.07, 6.45) is 8.41. The van der Waals surface area contributed by atoms with E-state index in [-0.39, 0.29) is 5.97 Å².